The van der Waals surface area contributed by atoms with E-state index in [-0.39, 0.29) is 6.42 Å². The monoisotopic (exact) mass is 544 g/mol. The first-order valence-electron chi connectivity index (χ1n) is 6.95. The molecular weight excluding hydrogens is 530 g/mol. The molecule has 0 rings (SSSR count). The van der Waals surface area contributed by atoms with Gasteiger partial charge in [-0.2, -0.15) is 57.1 Å². The maximum absolute atomic E-state index is 13.6. The molecule has 0 bridgehead atoms. The van der Waals surface area contributed by atoms with E-state index in [1.54, 1.807) is 0 Å². The highest BCUT2D eigenvalue weighted by Crippen LogP contribution is 2.61. The van der Waals surface area contributed by atoms with Gasteiger partial charge in [0.05, 0.1) is 0 Å². The molecule has 0 saturated carbocycles. The topological polar surface area (TPSA) is 0 Å². The molecule has 27 heavy (non-hydrogen) atoms. The summed E-state index contributed by atoms with van der Waals surface area (Å²) in [5.41, 5.74) is -0.785. The number of hydrogen-bond acceptors (Lipinski definition) is 0. The molecule has 0 nitrogen and oxygen atoms in total. The maximum atomic E-state index is 13.6. The van der Waals surface area contributed by atoms with E-state index >= 15 is 0 Å². The largest absolute Gasteiger partial charge is 0.460 e. The van der Waals surface area contributed by atoms with Crippen LogP contribution in [0.4, 0.5) is 57.1 Å². The Hall–Kier alpha value is -0.180. The molecule has 0 aliphatic carbocycles. The van der Waals surface area contributed by atoms with Crippen LogP contribution >= 0.6 is 22.6 Å². The van der Waals surface area contributed by atoms with Crippen LogP contribution in [-0.2, 0) is 0 Å². The summed E-state index contributed by atoms with van der Waals surface area (Å²) in [6.07, 6.45) is -9.83. The summed E-state index contributed by atoms with van der Waals surface area (Å²) in [5, 5.41) is 0. The third kappa shape index (κ3) is 4.87. The molecule has 0 heterocycles. The summed E-state index contributed by atoms with van der Waals surface area (Å²) in [7, 11) is 0. The van der Waals surface area contributed by atoms with Crippen molar-refractivity contribution in [2.24, 2.45) is 5.41 Å². The normalized spacial score (nSPS) is 17.2. The number of halogens is 14. The van der Waals surface area contributed by atoms with E-state index in [9.17, 15) is 57.1 Å². The minimum atomic E-state index is -7.84. The van der Waals surface area contributed by atoms with Gasteiger partial charge in [-0.05, 0) is 11.8 Å². The number of hydrogen-bond donors (Lipinski definition) is 0. The molecule has 1 atom stereocenters. The highest BCUT2D eigenvalue weighted by Gasteiger charge is 2.90. The van der Waals surface area contributed by atoms with Gasteiger partial charge in [0.25, 0.3) is 0 Å². The van der Waals surface area contributed by atoms with Gasteiger partial charge in [-0.25, -0.2) is 0 Å². The molecule has 1 unspecified atom stereocenters. The zero-order chi connectivity index (χ0) is 22.5. The van der Waals surface area contributed by atoms with Gasteiger partial charge in [0.1, 0.15) is 0 Å². The van der Waals surface area contributed by atoms with Gasteiger partial charge >= 0.3 is 35.8 Å². The molecule has 0 aliphatic heterocycles. The van der Waals surface area contributed by atoms with Crippen LogP contribution in [0.15, 0.2) is 0 Å². The Bertz CT molecular complexity index is 515. The summed E-state index contributed by atoms with van der Waals surface area (Å²) in [4.78, 5) is 0. The average Bonchev–Trinajstić information content (AvgIpc) is 2.32. The summed E-state index contributed by atoms with van der Waals surface area (Å²) in [6, 6.07) is 0. The fourth-order valence-corrected chi connectivity index (χ4v) is 3.82. The van der Waals surface area contributed by atoms with Crippen LogP contribution in [0.2, 0.25) is 0 Å². The van der Waals surface area contributed by atoms with E-state index in [4.69, 9.17) is 0 Å². The van der Waals surface area contributed by atoms with Crippen molar-refractivity contribution in [3.8, 4) is 0 Å². The lowest BCUT2D eigenvalue weighted by Gasteiger charge is -2.40. The fourth-order valence-electron chi connectivity index (χ4n) is 1.95. The van der Waals surface area contributed by atoms with E-state index in [0.717, 1.165) is 22.6 Å². The first-order chi connectivity index (χ1) is 11.4. The summed E-state index contributed by atoms with van der Waals surface area (Å²) in [5.74, 6) is -36.4. The lowest BCUT2D eigenvalue weighted by atomic mass is 9.86. The molecule has 0 fully saturated rings. The van der Waals surface area contributed by atoms with Crippen LogP contribution in [-0.4, -0.2) is 39.7 Å². The predicted octanol–water partition coefficient (Wildman–Crippen LogP) is 7.36. The molecule has 0 aromatic rings. The smallest absolute Gasteiger partial charge is 0.200 e. The predicted molar refractivity (Wildman–Crippen MR) is 77.3 cm³/mol. The lowest BCUT2D eigenvalue weighted by molar-refractivity contribution is -0.440. The summed E-state index contributed by atoms with van der Waals surface area (Å²) in [6.45, 7) is 4.34. The summed E-state index contributed by atoms with van der Waals surface area (Å²) >= 11 is 1.14. The number of alkyl halides is 14. The number of rotatable bonds is 7. The highest BCUT2D eigenvalue weighted by atomic mass is 127. The third-order valence-corrected chi connectivity index (χ3v) is 4.19. The Labute approximate surface area is 159 Å². The molecule has 0 saturated heterocycles. The van der Waals surface area contributed by atoms with Crippen LogP contribution in [0, 0.1) is 5.41 Å². The minimum Gasteiger partial charge on any atom is -0.200 e. The van der Waals surface area contributed by atoms with Crippen molar-refractivity contribution in [2.45, 2.75) is 73.3 Å². The molecule has 0 spiro atoms. The van der Waals surface area contributed by atoms with Crippen molar-refractivity contribution in [1.82, 2.24) is 0 Å². The molecule has 164 valence electrons. The maximum Gasteiger partial charge on any atom is 0.460 e. The summed E-state index contributed by atoms with van der Waals surface area (Å²) < 4.78 is 167. The van der Waals surface area contributed by atoms with Crippen molar-refractivity contribution >= 4 is 22.6 Å². The van der Waals surface area contributed by atoms with Crippen LogP contribution in [0.3, 0.4) is 0 Å². The van der Waals surface area contributed by atoms with Gasteiger partial charge in [-0.15, -0.1) is 0 Å². The molecule has 0 aliphatic rings. The zero-order valence-corrected chi connectivity index (χ0v) is 15.9. The van der Waals surface area contributed by atoms with Crippen molar-refractivity contribution in [3.05, 3.63) is 0 Å². The second kappa shape index (κ2) is 7.26. The fraction of sp³-hybridized carbons (Fsp3) is 1.00. The van der Waals surface area contributed by atoms with E-state index in [1.165, 1.54) is 20.8 Å². The molecule has 0 amide bonds. The van der Waals surface area contributed by atoms with Crippen molar-refractivity contribution in [3.63, 3.8) is 0 Å². The van der Waals surface area contributed by atoms with Gasteiger partial charge in [0.15, 0.2) is 0 Å². The molecule has 0 radical (unpaired) electrons. The standard InChI is InChI=1S/C13H14F13I/c1-7(2,3)4-6(27)5-8(14,15)9(16,17)10(18,19)11(20,21)12(22,23)13(24,25)26/h6H,4-5H2,1-3H3. The SMILES string of the molecule is CC(C)(C)CC(I)CC(F)(F)C(F)(F)C(F)(F)C(F)(F)C(F)(F)C(F)(F)F. The van der Waals surface area contributed by atoms with Crippen LogP contribution < -0.4 is 0 Å². The first kappa shape index (κ1) is 26.8. The second-order valence-electron chi connectivity index (χ2n) is 7.07. The zero-order valence-electron chi connectivity index (χ0n) is 13.8. The van der Waals surface area contributed by atoms with Gasteiger partial charge in [-0.3, -0.25) is 0 Å². The van der Waals surface area contributed by atoms with E-state index in [0.29, 0.717) is 0 Å². The first-order valence-corrected chi connectivity index (χ1v) is 8.19. The van der Waals surface area contributed by atoms with Gasteiger partial charge < -0.3 is 0 Å². The molecule has 0 aromatic heterocycles. The molecule has 0 N–H and O–H groups in total. The van der Waals surface area contributed by atoms with E-state index in [2.05, 4.69) is 0 Å². The Morgan fingerprint density at radius 2 is 0.889 bits per heavy atom. The Kier molecular flexibility index (Phi) is 7.21. The lowest BCUT2D eigenvalue weighted by Crippen LogP contribution is -2.70. The van der Waals surface area contributed by atoms with Crippen LogP contribution in [0.25, 0.3) is 0 Å². The minimum absolute atomic E-state index is 0.292. The highest BCUT2D eigenvalue weighted by molar-refractivity contribution is 14.1. The van der Waals surface area contributed by atoms with Gasteiger partial charge in [0, 0.05) is 10.3 Å². The third-order valence-electron chi connectivity index (χ3n) is 3.31. The Morgan fingerprint density at radius 3 is 1.19 bits per heavy atom. The van der Waals surface area contributed by atoms with Crippen LogP contribution in [0.1, 0.15) is 33.6 Å². The Morgan fingerprint density at radius 1 is 0.556 bits per heavy atom. The van der Waals surface area contributed by atoms with Crippen LogP contribution in [0.5, 0.6) is 0 Å². The van der Waals surface area contributed by atoms with Gasteiger partial charge in [-0.1, -0.05) is 43.4 Å². The van der Waals surface area contributed by atoms with Crippen molar-refractivity contribution in [1.29, 1.82) is 0 Å². The second-order valence-corrected chi connectivity index (χ2v) is 8.83. The average molecular weight is 544 g/mol. The molecular formula is C13H14F13I. The molecule has 0 aromatic carbocycles. The van der Waals surface area contributed by atoms with E-state index < -0.39 is 51.5 Å². The van der Waals surface area contributed by atoms with Crippen molar-refractivity contribution in [2.75, 3.05) is 0 Å². The van der Waals surface area contributed by atoms with Crippen molar-refractivity contribution < 1.29 is 57.1 Å². The Balaban J connectivity index is 6.01. The van der Waals surface area contributed by atoms with Gasteiger partial charge in [0.2, 0.25) is 0 Å². The van der Waals surface area contributed by atoms with E-state index in [1.807, 2.05) is 0 Å². The molecule has 14 heteroatoms. The quantitative estimate of drug-likeness (QED) is 0.179.